The van der Waals surface area contributed by atoms with Gasteiger partial charge in [-0.15, -0.1) is 4.91 Å². The number of imidazole rings is 1. The average molecular weight is 188 g/mol. The first-order valence-electron chi connectivity index (χ1n) is 4.05. The Morgan fingerprint density at radius 2 is 2.00 bits per heavy atom. The van der Waals surface area contributed by atoms with Crippen LogP contribution in [0.5, 0.6) is 0 Å². The second-order valence-electron chi connectivity index (χ2n) is 2.78. The zero-order valence-electron chi connectivity index (χ0n) is 7.27. The van der Waals surface area contributed by atoms with Crippen LogP contribution in [0.4, 0.5) is 11.8 Å². The molecule has 0 atom stereocenters. The van der Waals surface area contributed by atoms with Crippen LogP contribution in [0.3, 0.4) is 0 Å². The maximum absolute atomic E-state index is 10.4. The molecule has 0 aliphatic carbocycles. The Balaban J connectivity index is 2.56. The molecular weight excluding hydrogens is 180 g/mol. The molecule has 1 aromatic heterocycles. The lowest BCUT2D eigenvalue weighted by atomic mass is 10.1. The summed E-state index contributed by atoms with van der Waals surface area (Å²) in [6.45, 7) is 0. The van der Waals surface area contributed by atoms with Gasteiger partial charge in [0.05, 0.1) is 5.69 Å². The number of H-pyrrole nitrogens is 1. The zero-order valence-corrected chi connectivity index (χ0v) is 7.27. The summed E-state index contributed by atoms with van der Waals surface area (Å²) in [5, 5.41) is 2.80. The summed E-state index contributed by atoms with van der Waals surface area (Å²) in [5.41, 5.74) is 6.82. The van der Waals surface area contributed by atoms with E-state index < -0.39 is 0 Å². The van der Waals surface area contributed by atoms with Gasteiger partial charge in [0.1, 0.15) is 0 Å². The van der Waals surface area contributed by atoms with Crippen LogP contribution >= 0.6 is 0 Å². The predicted octanol–water partition coefficient (Wildman–Crippen LogP) is 2.06. The minimum Gasteiger partial charge on any atom is -0.369 e. The molecule has 2 rings (SSSR count). The monoisotopic (exact) mass is 188 g/mol. The summed E-state index contributed by atoms with van der Waals surface area (Å²) in [6.07, 6.45) is 0. The third-order valence-corrected chi connectivity index (χ3v) is 1.85. The Kier molecular flexibility index (Phi) is 1.98. The number of hydrogen-bond acceptors (Lipinski definition) is 4. The van der Waals surface area contributed by atoms with Crippen molar-refractivity contribution in [3.63, 3.8) is 0 Å². The molecule has 0 fully saturated rings. The number of nitrogens with two attached hydrogens (primary N) is 1. The molecule has 0 saturated heterocycles. The number of aromatic amines is 1. The molecule has 14 heavy (non-hydrogen) atoms. The zero-order chi connectivity index (χ0) is 9.97. The lowest BCUT2D eigenvalue weighted by Crippen LogP contribution is -1.85. The molecule has 0 aliphatic rings. The summed E-state index contributed by atoms with van der Waals surface area (Å²) in [6, 6.07) is 9.31. The van der Waals surface area contributed by atoms with Crippen molar-refractivity contribution < 1.29 is 0 Å². The molecular formula is C9H8N4O. The van der Waals surface area contributed by atoms with E-state index in [1.165, 1.54) is 0 Å². The van der Waals surface area contributed by atoms with E-state index in [-0.39, 0.29) is 11.8 Å². The van der Waals surface area contributed by atoms with E-state index in [2.05, 4.69) is 15.1 Å². The standard InChI is InChI=1S/C9H8N4O/c10-9-11-7(8(12-9)13-14)6-4-2-1-3-5-6/h1-5H,(H3,10,11,12). The fourth-order valence-electron chi connectivity index (χ4n) is 1.25. The van der Waals surface area contributed by atoms with Crippen molar-refractivity contribution >= 4 is 11.8 Å². The molecule has 70 valence electrons. The van der Waals surface area contributed by atoms with Crippen LogP contribution in [0.2, 0.25) is 0 Å². The number of benzene rings is 1. The number of aromatic nitrogens is 2. The molecule has 3 N–H and O–H groups in total. The highest BCUT2D eigenvalue weighted by molar-refractivity contribution is 5.71. The molecule has 0 bridgehead atoms. The van der Waals surface area contributed by atoms with E-state index in [1.54, 1.807) is 0 Å². The number of rotatable bonds is 2. The smallest absolute Gasteiger partial charge is 0.224 e. The average Bonchev–Trinajstić information content (AvgIpc) is 2.61. The predicted molar refractivity (Wildman–Crippen MR) is 53.9 cm³/mol. The first-order chi connectivity index (χ1) is 6.81. The topological polar surface area (TPSA) is 84.1 Å². The number of anilines is 1. The van der Waals surface area contributed by atoms with Gasteiger partial charge >= 0.3 is 0 Å². The number of nitrogen functional groups attached to an aromatic ring is 1. The van der Waals surface area contributed by atoms with Gasteiger partial charge in [-0.2, -0.15) is 4.98 Å². The van der Waals surface area contributed by atoms with E-state index in [1.807, 2.05) is 30.3 Å². The second-order valence-corrected chi connectivity index (χ2v) is 2.78. The van der Waals surface area contributed by atoms with Gasteiger partial charge < -0.3 is 10.7 Å². The van der Waals surface area contributed by atoms with Crippen LogP contribution in [-0.2, 0) is 0 Å². The van der Waals surface area contributed by atoms with E-state index in [0.717, 1.165) is 5.56 Å². The fraction of sp³-hybridized carbons (Fsp3) is 0. The first kappa shape index (κ1) is 8.43. The third kappa shape index (κ3) is 1.35. The molecule has 0 amide bonds. The minimum absolute atomic E-state index is 0.0914. The van der Waals surface area contributed by atoms with Gasteiger partial charge in [-0.05, 0) is 5.18 Å². The molecule has 1 heterocycles. The Bertz CT molecular complexity index is 449. The SMILES string of the molecule is Nc1nc(N=O)c(-c2ccccc2)[nH]1. The van der Waals surface area contributed by atoms with Crippen LogP contribution in [0.25, 0.3) is 11.3 Å². The van der Waals surface area contributed by atoms with Gasteiger partial charge in [0.2, 0.25) is 5.82 Å². The second kappa shape index (κ2) is 3.29. The number of nitrogens with one attached hydrogen (secondary N) is 1. The van der Waals surface area contributed by atoms with Crippen LogP contribution in [0.15, 0.2) is 35.5 Å². The largest absolute Gasteiger partial charge is 0.369 e. The van der Waals surface area contributed by atoms with Gasteiger partial charge in [-0.3, -0.25) is 0 Å². The quantitative estimate of drug-likeness (QED) is 0.707. The molecule has 0 spiro atoms. The van der Waals surface area contributed by atoms with E-state index in [4.69, 9.17) is 5.73 Å². The van der Waals surface area contributed by atoms with Gasteiger partial charge in [-0.25, -0.2) is 0 Å². The van der Waals surface area contributed by atoms with Crippen molar-refractivity contribution in [2.75, 3.05) is 5.73 Å². The Hall–Kier alpha value is -2.17. The van der Waals surface area contributed by atoms with E-state index in [0.29, 0.717) is 5.69 Å². The Morgan fingerprint density at radius 3 is 2.64 bits per heavy atom. The van der Waals surface area contributed by atoms with Crippen molar-refractivity contribution in [1.82, 2.24) is 9.97 Å². The van der Waals surface area contributed by atoms with Gasteiger partial charge in [-0.1, -0.05) is 30.3 Å². The Labute approximate surface area is 80.0 Å². The van der Waals surface area contributed by atoms with E-state index in [9.17, 15) is 4.91 Å². The number of nitrogens with zero attached hydrogens (tertiary/aromatic N) is 2. The number of hydrogen-bond donors (Lipinski definition) is 2. The maximum Gasteiger partial charge on any atom is 0.224 e. The summed E-state index contributed by atoms with van der Waals surface area (Å²) in [7, 11) is 0. The molecule has 0 aliphatic heterocycles. The van der Waals surface area contributed by atoms with Crippen LogP contribution < -0.4 is 5.73 Å². The third-order valence-electron chi connectivity index (χ3n) is 1.85. The summed E-state index contributed by atoms with van der Waals surface area (Å²) in [4.78, 5) is 17.0. The van der Waals surface area contributed by atoms with Crippen LogP contribution in [0.1, 0.15) is 0 Å². The van der Waals surface area contributed by atoms with Gasteiger partial charge in [0.15, 0.2) is 5.95 Å². The van der Waals surface area contributed by atoms with Gasteiger partial charge in [0, 0.05) is 5.56 Å². The molecule has 0 saturated carbocycles. The lowest BCUT2D eigenvalue weighted by Gasteiger charge is -1.95. The van der Waals surface area contributed by atoms with Crippen molar-refractivity contribution in [3.05, 3.63) is 35.2 Å². The summed E-state index contributed by atoms with van der Waals surface area (Å²) >= 11 is 0. The Morgan fingerprint density at radius 1 is 1.29 bits per heavy atom. The van der Waals surface area contributed by atoms with Crippen molar-refractivity contribution in [3.8, 4) is 11.3 Å². The molecule has 2 aromatic rings. The highest BCUT2D eigenvalue weighted by Gasteiger charge is 2.10. The normalized spacial score (nSPS) is 10.0. The minimum atomic E-state index is 0.0914. The molecule has 0 radical (unpaired) electrons. The number of nitroso groups, excluding NO2 is 1. The van der Waals surface area contributed by atoms with E-state index >= 15 is 0 Å². The van der Waals surface area contributed by atoms with Crippen LogP contribution in [-0.4, -0.2) is 9.97 Å². The molecule has 5 nitrogen and oxygen atoms in total. The highest BCUT2D eigenvalue weighted by Crippen LogP contribution is 2.27. The van der Waals surface area contributed by atoms with Crippen LogP contribution in [0, 0.1) is 4.91 Å². The summed E-state index contributed by atoms with van der Waals surface area (Å²) in [5.74, 6) is 0.284. The molecule has 0 unspecified atom stereocenters. The highest BCUT2D eigenvalue weighted by atomic mass is 16.3. The molecule has 1 aromatic carbocycles. The van der Waals surface area contributed by atoms with Crippen molar-refractivity contribution in [2.24, 2.45) is 5.18 Å². The summed E-state index contributed by atoms with van der Waals surface area (Å²) < 4.78 is 0. The van der Waals surface area contributed by atoms with Crippen molar-refractivity contribution in [1.29, 1.82) is 0 Å². The maximum atomic E-state index is 10.4. The molecule has 5 heteroatoms. The first-order valence-corrected chi connectivity index (χ1v) is 4.05. The van der Waals surface area contributed by atoms with Gasteiger partial charge in [0.25, 0.3) is 0 Å². The fourth-order valence-corrected chi connectivity index (χ4v) is 1.25. The van der Waals surface area contributed by atoms with Crippen molar-refractivity contribution in [2.45, 2.75) is 0 Å². The lowest BCUT2D eigenvalue weighted by molar-refractivity contribution is 1.30.